The molecule has 0 bridgehead atoms. The highest BCUT2D eigenvalue weighted by Gasteiger charge is 2.59. The Balaban J connectivity index is 2.12. The van der Waals surface area contributed by atoms with E-state index in [9.17, 15) is 9.59 Å². The Bertz CT molecular complexity index is 481. The molecule has 3 amide bonds. The minimum absolute atomic E-state index is 0.129. The van der Waals surface area contributed by atoms with Crippen molar-refractivity contribution in [2.45, 2.75) is 18.4 Å². The van der Waals surface area contributed by atoms with Crippen LogP contribution in [-0.2, 0) is 10.3 Å². The van der Waals surface area contributed by atoms with Crippen LogP contribution in [0.15, 0.2) is 30.3 Å². The summed E-state index contributed by atoms with van der Waals surface area (Å²) in [7, 11) is 1.53. The molecule has 1 atom stereocenters. The van der Waals surface area contributed by atoms with Gasteiger partial charge in [0.1, 0.15) is 5.54 Å². The molecular weight excluding hydrogens is 216 g/mol. The van der Waals surface area contributed by atoms with E-state index in [0.29, 0.717) is 0 Å². The average molecular weight is 230 g/mol. The van der Waals surface area contributed by atoms with Crippen LogP contribution in [0, 0.1) is 5.92 Å². The Morgan fingerprint density at radius 1 is 1.24 bits per heavy atom. The summed E-state index contributed by atoms with van der Waals surface area (Å²) in [5, 5.41) is 2.88. The van der Waals surface area contributed by atoms with Gasteiger partial charge in [-0.25, -0.2) is 4.79 Å². The molecule has 2 fully saturated rings. The molecule has 1 aromatic carbocycles. The zero-order valence-corrected chi connectivity index (χ0v) is 9.64. The zero-order valence-electron chi connectivity index (χ0n) is 9.64. The number of carbonyl (C=O) groups is 2. The maximum Gasteiger partial charge on any atom is 0.325 e. The van der Waals surface area contributed by atoms with Gasteiger partial charge in [0, 0.05) is 7.05 Å². The van der Waals surface area contributed by atoms with Crippen molar-refractivity contribution in [3.63, 3.8) is 0 Å². The lowest BCUT2D eigenvalue weighted by atomic mass is 9.85. The zero-order chi connectivity index (χ0) is 12.0. The van der Waals surface area contributed by atoms with E-state index in [1.807, 2.05) is 30.3 Å². The van der Waals surface area contributed by atoms with Crippen LogP contribution in [0.3, 0.4) is 0 Å². The van der Waals surface area contributed by atoms with Gasteiger partial charge in [0.2, 0.25) is 0 Å². The van der Waals surface area contributed by atoms with Gasteiger partial charge in [-0.3, -0.25) is 9.69 Å². The molecule has 4 heteroatoms. The van der Waals surface area contributed by atoms with Crippen molar-refractivity contribution in [1.29, 1.82) is 0 Å². The molecule has 1 N–H and O–H groups in total. The normalized spacial score (nSPS) is 28.4. The van der Waals surface area contributed by atoms with E-state index in [-0.39, 0.29) is 17.9 Å². The van der Waals surface area contributed by atoms with E-state index < -0.39 is 5.54 Å². The van der Waals surface area contributed by atoms with Crippen LogP contribution in [0.5, 0.6) is 0 Å². The maximum atomic E-state index is 12.4. The number of likely N-dealkylation sites (N-methyl/N-ethyl adjacent to an activating group) is 1. The molecule has 1 aromatic rings. The SMILES string of the molecule is CN1C(=O)NC(c2ccccc2)(C2CC2)C1=O. The third-order valence-electron chi connectivity index (χ3n) is 3.67. The minimum atomic E-state index is -0.812. The topological polar surface area (TPSA) is 49.4 Å². The summed E-state index contributed by atoms with van der Waals surface area (Å²) in [6.07, 6.45) is 1.99. The van der Waals surface area contributed by atoms with E-state index in [4.69, 9.17) is 0 Å². The smallest absolute Gasteiger partial charge is 0.319 e. The molecule has 88 valence electrons. The van der Waals surface area contributed by atoms with Gasteiger partial charge in [-0.2, -0.15) is 0 Å². The van der Waals surface area contributed by atoms with Crippen LogP contribution in [0.1, 0.15) is 18.4 Å². The number of benzene rings is 1. The number of hydrogen-bond donors (Lipinski definition) is 1. The van der Waals surface area contributed by atoms with Gasteiger partial charge in [-0.1, -0.05) is 30.3 Å². The van der Waals surface area contributed by atoms with Crippen LogP contribution in [0.4, 0.5) is 4.79 Å². The van der Waals surface area contributed by atoms with Crippen LogP contribution < -0.4 is 5.32 Å². The minimum Gasteiger partial charge on any atom is -0.319 e. The molecule has 3 rings (SSSR count). The first-order valence-electron chi connectivity index (χ1n) is 5.82. The summed E-state index contributed by atoms with van der Waals surface area (Å²) in [6, 6.07) is 9.24. The van der Waals surface area contributed by atoms with Gasteiger partial charge in [-0.15, -0.1) is 0 Å². The van der Waals surface area contributed by atoms with Gasteiger partial charge in [0.15, 0.2) is 0 Å². The van der Waals surface area contributed by atoms with Crippen molar-refractivity contribution in [2.24, 2.45) is 5.92 Å². The molecule has 0 spiro atoms. The number of amides is 3. The Labute approximate surface area is 99.6 Å². The van der Waals surface area contributed by atoms with Gasteiger partial charge < -0.3 is 5.32 Å². The highest BCUT2D eigenvalue weighted by Crippen LogP contribution is 2.48. The molecule has 1 aliphatic heterocycles. The number of imide groups is 1. The van der Waals surface area contributed by atoms with Crippen molar-refractivity contribution >= 4 is 11.9 Å². The van der Waals surface area contributed by atoms with Crippen molar-refractivity contribution in [2.75, 3.05) is 7.05 Å². The molecule has 0 radical (unpaired) electrons. The number of nitrogens with zero attached hydrogens (tertiary/aromatic N) is 1. The second-order valence-electron chi connectivity index (χ2n) is 4.74. The Hall–Kier alpha value is -1.84. The van der Waals surface area contributed by atoms with E-state index in [1.54, 1.807) is 0 Å². The fourth-order valence-corrected chi connectivity index (χ4v) is 2.59. The number of rotatable bonds is 2. The van der Waals surface area contributed by atoms with E-state index in [1.165, 1.54) is 11.9 Å². The summed E-state index contributed by atoms with van der Waals surface area (Å²) in [5.41, 5.74) is 0.0813. The molecule has 2 aliphatic rings. The molecule has 1 heterocycles. The lowest BCUT2D eigenvalue weighted by Gasteiger charge is -2.26. The van der Waals surface area contributed by atoms with Crippen molar-refractivity contribution in [1.82, 2.24) is 10.2 Å². The van der Waals surface area contributed by atoms with Crippen molar-refractivity contribution < 1.29 is 9.59 Å². The number of carbonyl (C=O) groups excluding carboxylic acids is 2. The number of urea groups is 1. The standard InChI is InChI=1S/C13H14N2O2/c1-15-11(16)13(10-7-8-10,14-12(15)17)9-5-3-2-4-6-9/h2-6,10H,7-8H2,1H3,(H,14,17). The van der Waals surface area contributed by atoms with E-state index >= 15 is 0 Å². The predicted octanol–water partition coefficient (Wildman–Crippen LogP) is 1.47. The molecular formula is C13H14N2O2. The highest BCUT2D eigenvalue weighted by atomic mass is 16.2. The van der Waals surface area contributed by atoms with E-state index in [0.717, 1.165) is 18.4 Å². The number of nitrogens with one attached hydrogen (secondary N) is 1. The fraction of sp³-hybridized carbons (Fsp3) is 0.385. The quantitative estimate of drug-likeness (QED) is 0.782. The molecule has 0 aromatic heterocycles. The second-order valence-corrected chi connectivity index (χ2v) is 4.74. The van der Waals surface area contributed by atoms with Crippen molar-refractivity contribution in [3.8, 4) is 0 Å². The monoisotopic (exact) mass is 230 g/mol. The summed E-state index contributed by atoms with van der Waals surface area (Å²) in [4.78, 5) is 25.2. The summed E-state index contributed by atoms with van der Waals surface area (Å²) in [6.45, 7) is 0. The third kappa shape index (κ3) is 1.30. The van der Waals surface area contributed by atoms with Gasteiger partial charge in [0.05, 0.1) is 0 Å². The lowest BCUT2D eigenvalue weighted by molar-refractivity contribution is -0.131. The van der Waals surface area contributed by atoms with Gasteiger partial charge >= 0.3 is 6.03 Å². The second kappa shape index (κ2) is 3.32. The van der Waals surface area contributed by atoms with Gasteiger partial charge in [-0.05, 0) is 24.3 Å². The fourth-order valence-electron chi connectivity index (χ4n) is 2.59. The summed E-state index contributed by atoms with van der Waals surface area (Å²) in [5.74, 6) is 0.113. The maximum absolute atomic E-state index is 12.4. The Morgan fingerprint density at radius 3 is 2.35 bits per heavy atom. The Kier molecular flexibility index (Phi) is 2.02. The summed E-state index contributed by atoms with van der Waals surface area (Å²) < 4.78 is 0. The lowest BCUT2D eigenvalue weighted by Crippen LogP contribution is -2.45. The molecule has 1 aliphatic carbocycles. The predicted molar refractivity (Wildman–Crippen MR) is 62.1 cm³/mol. The molecule has 17 heavy (non-hydrogen) atoms. The average Bonchev–Trinajstić information content (AvgIpc) is 3.16. The molecule has 1 unspecified atom stereocenters. The largest absolute Gasteiger partial charge is 0.325 e. The number of hydrogen-bond acceptors (Lipinski definition) is 2. The van der Waals surface area contributed by atoms with Gasteiger partial charge in [0.25, 0.3) is 5.91 Å². The molecule has 4 nitrogen and oxygen atoms in total. The third-order valence-corrected chi connectivity index (χ3v) is 3.67. The van der Waals surface area contributed by atoms with Crippen LogP contribution in [0.2, 0.25) is 0 Å². The molecule has 1 saturated heterocycles. The van der Waals surface area contributed by atoms with Crippen LogP contribution in [-0.4, -0.2) is 23.9 Å². The Morgan fingerprint density at radius 2 is 1.88 bits per heavy atom. The summed E-state index contributed by atoms with van der Waals surface area (Å²) >= 11 is 0. The molecule has 1 saturated carbocycles. The van der Waals surface area contributed by atoms with E-state index in [2.05, 4.69) is 5.32 Å². The first kappa shape index (κ1) is 10.3. The van der Waals surface area contributed by atoms with Crippen molar-refractivity contribution in [3.05, 3.63) is 35.9 Å². The van der Waals surface area contributed by atoms with Crippen LogP contribution >= 0.6 is 0 Å². The van der Waals surface area contributed by atoms with Crippen LogP contribution in [0.25, 0.3) is 0 Å². The highest BCUT2D eigenvalue weighted by molar-refractivity contribution is 6.07. The first-order valence-corrected chi connectivity index (χ1v) is 5.82. The first-order chi connectivity index (χ1) is 8.16.